The first-order valence-corrected chi connectivity index (χ1v) is 9.20. The number of fused-ring (bicyclic) bond motifs is 1. The maximum absolute atomic E-state index is 12.7. The molecule has 0 atom stereocenters. The van der Waals surface area contributed by atoms with Crippen LogP contribution in [0.15, 0.2) is 59.1 Å². The zero-order valence-corrected chi connectivity index (χ0v) is 16.6. The molecule has 0 spiro atoms. The van der Waals surface area contributed by atoms with Gasteiger partial charge in [-0.15, -0.1) is 0 Å². The summed E-state index contributed by atoms with van der Waals surface area (Å²) < 4.78 is 0.907. The van der Waals surface area contributed by atoms with Crippen LogP contribution in [0.3, 0.4) is 0 Å². The standard InChI is InChI=1S/C20H15BrN2O3S/c1-11-10-12(19(25)26)8-9-17(11)22-20(27)23-18(24)15-6-2-5-14-13(15)4-3-7-16(14)21/h2-10H,1H3,(H,25,26)(H2,22,23,24,27). The van der Waals surface area contributed by atoms with Gasteiger partial charge in [0.1, 0.15) is 0 Å². The Bertz CT molecular complexity index is 1080. The average molecular weight is 443 g/mol. The van der Waals surface area contributed by atoms with Crippen molar-refractivity contribution < 1.29 is 14.7 Å². The van der Waals surface area contributed by atoms with Crippen molar-refractivity contribution in [1.82, 2.24) is 5.32 Å². The van der Waals surface area contributed by atoms with Crippen LogP contribution in [0, 0.1) is 6.92 Å². The van der Waals surface area contributed by atoms with Crippen LogP contribution in [0.1, 0.15) is 26.3 Å². The van der Waals surface area contributed by atoms with E-state index < -0.39 is 5.97 Å². The second-order valence-electron chi connectivity index (χ2n) is 5.88. The number of thiocarbonyl (C=S) groups is 1. The molecular formula is C20H15BrN2O3S. The molecular weight excluding hydrogens is 428 g/mol. The van der Waals surface area contributed by atoms with Gasteiger partial charge >= 0.3 is 5.97 Å². The molecule has 3 aromatic rings. The molecule has 136 valence electrons. The van der Waals surface area contributed by atoms with Gasteiger partial charge in [-0.2, -0.15) is 0 Å². The Hall–Kier alpha value is -2.77. The molecule has 0 radical (unpaired) electrons. The van der Waals surface area contributed by atoms with Gasteiger partial charge in [0.2, 0.25) is 0 Å². The maximum Gasteiger partial charge on any atom is 0.335 e. The number of rotatable bonds is 3. The zero-order chi connectivity index (χ0) is 19.6. The lowest BCUT2D eigenvalue weighted by molar-refractivity contribution is 0.0696. The first-order valence-electron chi connectivity index (χ1n) is 8.00. The first-order chi connectivity index (χ1) is 12.9. The van der Waals surface area contributed by atoms with Crippen LogP contribution in [-0.2, 0) is 0 Å². The Labute approximate surface area is 169 Å². The molecule has 5 nitrogen and oxygen atoms in total. The first kappa shape index (κ1) is 19.0. The van der Waals surface area contributed by atoms with Gasteiger partial charge in [-0.3, -0.25) is 10.1 Å². The molecule has 0 saturated carbocycles. The quantitative estimate of drug-likeness (QED) is 0.510. The molecule has 0 fully saturated rings. The van der Waals surface area contributed by atoms with E-state index in [1.165, 1.54) is 12.1 Å². The molecule has 27 heavy (non-hydrogen) atoms. The monoisotopic (exact) mass is 442 g/mol. The molecule has 0 heterocycles. The number of hydrogen-bond acceptors (Lipinski definition) is 3. The largest absolute Gasteiger partial charge is 0.478 e. The predicted octanol–water partition coefficient (Wildman–Crippen LogP) is 4.74. The third kappa shape index (κ3) is 4.15. The number of benzene rings is 3. The van der Waals surface area contributed by atoms with Gasteiger partial charge in [0.15, 0.2) is 5.11 Å². The number of carboxylic acids is 1. The Kier molecular flexibility index (Phi) is 5.53. The molecule has 1 amide bonds. The molecule has 0 aliphatic rings. The van der Waals surface area contributed by atoms with Gasteiger partial charge in [-0.1, -0.05) is 40.2 Å². The van der Waals surface area contributed by atoms with Crippen molar-refractivity contribution in [2.75, 3.05) is 5.32 Å². The van der Waals surface area contributed by atoms with Gasteiger partial charge in [0, 0.05) is 15.7 Å². The topological polar surface area (TPSA) is 78.4 Å². The number of nitrogens with one attached hydrogen (secondary N) is 2. The summed E-state index contributed by atoms with van der Waals surface area (Å²) in [6, 6.07) is 15.8. The van der Waals surface area contributed by atoms with Crippen LogP contribution in [0.2, 0.25) is 0 Å². The van der Waals surface area contributed by atoms with E-state index in [9.17, 15) is 9.59 Å². The summed E-state index contributed by atoms with van der Waals surface area (Å²) in [5.41, 5.74) is 2.04. The van der Waals surface area contributed by atoms with Crippen LogP contribution in [0.4, 0.5) is 5.69 Å². The van der Waals surface area contributed by atoms with Crippen LogP contribution in [0.25, 0.3) is 10.8 Å². The molecule has 0 saturated heterocycles. The fourth-order valence-corrected chi connectivity index (χ4v) is 3.43. The minimum Gasteiger partial charge on any atom is -0.478 e. The molecule has 7 heteroatoms. The zero-order valence-electron chi connectivity index (χ0n) is 14.2. The molecule has 0 aromatic heterocycles. The maximum atomic E-state index is 12.7. The number of carbonyl (C=O) groups is 2. The highest BCUT2D eigenvalue weighted by molar-refractivity contribution is 9.10. The van der Waals surface area contributed by atoms with Crippen molar-refractivity contribution in [3.8, 4) is 0 Å². The Balaban J connectivity index is 1.78. The molecule has 3 N–H and O–H groups in total. The highest BCUT2D eigenvalue weighted by Crippen LogP contribution is 2.26. The lowest BCUT2D eigenvalue weighted by Crippen LogP contribution is -2.34. The number of anilines is 1. The van der Waals surface area contributed by atoms with Crippen molar-refractivity contribution in [3.05, 3.63) is 75.8 Å². The Morgan fingerprint density at radius 3 is 2.44 bits per heavy atom. The van der Waals surface area contributed by atoms with E-state index in [0.29, 0.717) is 16.8 Å². The lowest BCUT2D eigenvalue weighted by atomic mass is 10.0. The number of aryl methyl sites for hydroxylation is 1. The fourth-order valence-electron chi connectivity index (χ4n) is 2.73. The van der Waals surface area contributed by atoms with Crippen LogP contribution in [-0.4, -0.2) is 22.1 Å². The summed E-state index contributed by atoms with van der Waals surface area (Å²) in [7, 11) is 0. The Morgan fingerprint density at radius 1 is 1.04 bits per heavy atom. The fraction of sp³-hybridized carbons (Fsp3) is 0.0500. The van der Waals surface area contributed by atoms with E-state index in [4.69, 9.17) is 17.3 Å². The van der Waals surface area contributed by atoms with Gasteiger partial charge < -0.3 is 10.4 Å². The van der Waals surface area contributed by atoms with E-state index in [1.807, 2.05) is 30.3 Å². The SMILES string of the molecule is Cc1cc(C(=O)O)ccc1NC(=S)NC(=O)c1cccc2c(Br)cccc12. The highest BCUT2D eigenvalue weighted by Gasteiger charge is 2.13. The molecule has 0 aliphatic heterocycles. The molecule has 3 rings (SSSR count). The normalized spacial score (nSPS) is 10.4. The van der Waals surface area contributed by atoms with Crippen molar-refractivity contribution in [3.63, 3.8) is 0 Å². The van der Waals surface area contributed by atoms with Gasteiger partial charge in [-0.05, 0) is 65.8 Å². The summed E-state index contributed by atoms with van der Waals surface area (Å²) in [6.07, 6.45) is 0. The van der Waals surface area contributed by atoms with Crippen LogP contribution >= 0.6 is 28.1 Å². The van der Waals surface area contributed by atoms with Crippen molar-refractivity contribution in [2.45, 2.75) is 6.92 Å². The summed E-state index contributed by atoms with van der Waals surface area (Å²) in [5.74, 6) is -1.32. The molecule has 0 bridgehead atoms. The number of aromatic carboxylic acids is 1. The third-order valence-electron chi connectivity index (χ3n) is 4.06. The second kappa shape index (κ2) is 7.85. The molecule has 0 unspecified atom stereocenters. The summed E-state index contributed by atoms with van der Waals surface area (Å²) in [5, 5.41) is 16.5. The lowest BCUT2D eigenvalue weighted by Gasteiger charge is -2.13. The van der Waals surface area contributed by atoms with Crippen molar-refractivity contribution in [2.24, 2.45) is 0 Å². The predicted molar refractivity (Wildman–Crippen MR) is 113 cm³/mol. The minimum atomic E-state index is -0.998. The molecule has 3 aromatic carbocycles. The minimum absolute atomic E-state index is 0.137. The number of halogens is 1. The summed E-state index contributed by atoms with van der Waals surface area (Å²) in [6.45, 7) is 1.77. The van der Waals surface area contributed by atoms with E-state index >= 15 is 0 Å². The number of amides is 1. The molecule has 0 aliphatic carbocycles. The van der Waals surface area contributed by atoms with Crippen molar-refractivity contribution >= 4 is 61.6 Å². The van der Waals surface area contributed by atoms with E-state index in [-0.39, 0.29) is 16.6 Å². The van der Waals surface area contributed by atoms with E-state index in [2.05, 4.69) is 26.6 Å². The van der Waals surface area contributed by atoms with E-state index in [1.54, 1.807) is 19.1 Å². The van der Waals surface area contributed by atoms with Crippen molar-refractivity contribution in [1.29, 1.82) is 0 Å². The van der Waals surface area contributed by atoms with Gasteiger partial charge in [0.05, 0.1) is 5.56 Å². The number of carboxylic acid groups (broad SMARTS) is 1. The van der Waals surface area contributed by atoms with E-state index in [0.717, 1.165) is 15.2 Å². The van der Waals surface area contributed by atoms with Gasteiger partial charge in [-0.25, -0.2) is 4.79 Å². The number of hydrogen-bond donors (Lipinski definition) is 3. The second-order valence-corrected chi connectivity index (χ2v) is 7.15. The van der Waals surface area contributed by atoms with Crippen LogP contribution in [0.5, 0.6) is 0 Å². The third-order valence-corrected chi connectivity index (χ3v) is 4.96. The highest BCUT2D eigenvalue weighted by atomic mass is 79.9. The summed E-state index contributed by atoms with van der Waals surface area (Å²) in [4.78, 5) is 23.7. The average Bonchev–Trinajstić information content (AvgIpc) is 2.63. The number of carbonyl (C=O) groups excluding carboxylic acids is 1. The van der Waals surface area contributed by atoms with Gasteiger partial charge in [0.25, 0.3) is 5.91 Å². The Morgan fingerprint density at radius 2 is 1.74 bits per heavy atom. The summed E-state index contributed by atoms with van der Waals surface area (Å²) >= 11 is 8.72. The van der Waals surface area contributed by atoms with Crippen LogP contribution < -0.4 is 10.6 Å². The smallest absolute Gasteiger partial charge is 0.335 e.